The summed E-state index contributed by atoms with van der Waals surface area (Å²) in [7, 11) is 0. The Hall–Kier alpha value is -4.08. The largest absolute Gasteiger partial charge is 0.490 e. The molecule has 2 aromatic heterocycles. The van der Waals surface area contributed by atoms with E-state index in [2.05, 4.69) is 62.7 Å². The number of hydrogen-bond acceptors (Lipinski definition) is 4. The average molecular weight is 513 g/mol. The molecule has 0 aliphatic carbocycles. The molecule has 0 radical (unpaired) electrons. The lowest BCUT2D eigenvalue weighted by Gasteiger charge is -2.30. The Morgan fingerprint density at radius 3 is 2.49 bits per heavy atom. The van der Waals surface area contributed by atoms with Crippen molar-refractivity contribution < 1.29 is 27.9 Å². The van der Waals surface area contributed by atoms with Gasteiger partial charge >= 0.3 is 12.1 Å². The molecule has 3 aromatic rings. The highest BCUT2D eigenvalue weighted by molar-refractivity contribution is 5.97. The van der Waals surface area contributed by atoms with Crippen LogP contribution in [0.5, 0.6) is 0 Å². The Bertz CT molecular complexity index is 1290. The van der Waals surface area contributed by atoms with Crippen LogP contribution in [0.1, 0.15) is 46.6 Å². The maximum atomic E-state index is 12.1. The molecule has 0 unspecified atom stereocenters. The molecule has 3 N–H and O–H groups in total. The molecule has 194 valence electrons. The fourth-order valence-corrected chi connectivity index (χ4v) is 4.38. The molecule has 1 amide bonds. The summed E-state index contributed by atoms with van der Waals surface area (Å²) in [5.74, 6) is -2.75. The number of aromatic amines is 1. The summed E-state index contributed by atoms with van der Waals surface area (Å²) >= 11 is 0. The molecule has 5 rings (SSSR count). The van der Waals surface area contributed by atoms with E-state index < -0.39 is 12.1 Å². The first kappa shape index (κ1) is 26.0. The molecular formula is C27H27F3N4O3. The highest BCUT2D eigenvalue weighted by atomic mass is 19.4. The lowest BCUT2D eigenvalue weighted by Crippen LogP contribution is -2.31. The van der Waals surface area contributed by atoms with Crippen molar-refractivity contribution in [1.82, 2.24) is 15.3 Å². The number of piperidine rings is 1. The topological polar surface area (TPSA) is 98.3 Å². The number of anilines is 1. The molecule has 4 heterocycles. The molecule has 1 fully saturated rings. The van der Waals surface area contributed by atoms with E-state index in [0.29, 0.717) is 6.54 Å². The first-order valence-corrected chi connectivity index (χ1v) is 12.0. The van der Waals surface area contributed by atoms with Crippen LogP contribution in [0.15, 0.2) is 48.7 Å². The Balaban J connectivity index is 0.000000405. The van der Waals surface area contributed by atoms with Crippen LogP contribution < -0.4 is 10.2 Å². The number of hydrogen-bond donors (Lipinski definition) is 3. The highest BCUT2D eigenvalue weighted by Crippen LogP contribution is 2.27. The second-order valence-corrected chi connectivity index (χ2v) is 8.79. The smallest absolute Gasteiger partial charge is 0.475 e. The summed E-state index contributed by atoms with van der Waals surface area (Å²) in [5.41, 5.74) is 7.18. The zero-order valence-electron chi connectivity index (χ0n) is 20.0. The van der Waals surface area contributed by atoms with Gasteiger partial charge in [-0.25, -0.2) is 4.79 Å². The van der Waals surface area contributed by atoms with Gasteiger partial charge < -0.3 is 20.3 Å². The fourth-order valence-electron chi connectivity index (χ4n) is 4.38. The van der Waals surface area contributed by atoms with Crippen molar-refractivity contribution in [3.63, 3.8) is 0 Å². The third-order valence-corrected chi connectivity index (χ3v) is 6.21. The summed E-state index contributed by atoms with van der Waals surface area (Å²) in [5, 5.41) is 10.0. The zero-order chi connectivity index (χ0) is 26.4. The first-order valence-electron chi connectivity index (χ1n) is 12.0. The van der Waals surface area contributed by atoms with Crippen molar-refractivity contribution in [2.24, 2.45) is 0 Å². The van der Waals surface area contributed by atoms with Gasteiger partial charge in [0.05, 0.1) is 11.3 Å². The van der Waals surface area contributed by atoms with E-state index in [4.69, 9.17) is 9.90 Å². The van der Waals surface area contributed by atoms with Crippen molar-refractivity contribution in [2.45, 2.75) is 31.9 Å². The number of para-hydroxylation sites is 1. The Morgan fingerprint density at radius 2 is 1.78 bits per heavy atom. The van der Waals surface area contributed by atoms with Gasteiger partial charge in [-0.2, -0.15) is 13.2 Å². The summed E-state index contributed by atoms with van der Waals surface area (Å²) in [6, 6.07) is 14.6. The van der Waals surface area contributed by atoms with Crippen LogP contribution in [0.3, 0.4) is 0 Å². The quantitative estimate of drug-likeness (QED) is 0.449. The standard InChI is InChI=1S/C25H26N4O.C2HF3O2/c30-25-21-17-23(28-22(21)11-13-27-25)19-10-12-26-20(16-19)9-8-18-6-2-3-7-24(18)29-14-4-1-5-15-29;3-2(4,5)1(6)7/h2-3,6-10,12,16-17,28H,1,4-5,11,13-15H2,(H,27,30);(H,6,7). The summed E-state index contributed by atoms with van der Waals surface area (Å²) in [6.07, 6.45) is 5.66. The molecule has 1 aromatic carbocycles. The number of nitrogens with one attached hydrogen (secondary N) is 2. The number of carboxylic acids is 1. The van der Waals surface area contributed by atoms with Crippen molar-refractivity contribution in [3.8, 4) is 11.3 Å². The van der Waals surface area contributed by atoms with E-state index in [0.717, 1.165) is 47.7 Å². The number of carbonyl (C=O) groups is 2. The van der Waals surface area contributed by atoms with Gasteiger partial charge in [0.2, 0.25) is 0 Å². The second-order valence-electron chi connectivity index (χ2n) is 8.79. The first-order chi connectivity index (χ1) is 17.7. The number of pyridine rings is 1. The van der Waals surface area contributed by atoms with Crippen LogP contribution in [0, 0.1) is 0 Å². The summed E-state index contributed by atoms with van der Waals surface area (Å²) in [6.45, 7) is 2.94. The highest BCUT2D eigenvalue weighted by Gasteiger charge is 2.38. The van der Waals surface area contributed by atoms with E-state index in [1.807, 2.05) is 18.3 Å². The van der Waals surface area contributed by atoms with Crippen LogP contribution in [0.2, 0.25) is 0 Å². The molecule has 10 heteroatoms. The van der Waals surface area contributed by atoms with E-state index in [9.17, 15) is 18.0 Å². The monoisotopic (exact) mass is 512 g/mol. The normalized spacial score (nSPS) is 15.5. The minimum Gasteiger partial charge on any atom is -0.475 e. The third-order valence-electron chi connectivity index (χ3n) is 6.21. The molecule has 2 aliphatic rings. The van der Waals surface area contributed by atoms with Gasteiger partial charge in [-0.1, -0.05) is 24.3 Å². The molecule has 2 aliphatic heterocycles. The van der Waals surface area contributed by atoms with E-state index in [1.165, 1.54) is 30.5 Å². The van der Waals surface area contributed by atoms with E-state index >= 15 is 0 Å². The number of fused-ring (bicyclic) bond motifs is 1. The molecule has 0 atom stereocenters. The second kappa shape index (κ2) is 11.3. The summed E-state index contributed by atoms with van der Waals surface area (Å²) in [4.78, 5) is 31.4. The number of halogens is 3. The molecule has 0 spiro atoms. The number of nitrogens with zero attached hydrogens (tertiary/aromatic N) is 2. The Labute approximate surface area is 212 Å². The molecule has 0 saturated carbocycles. The predicted octanol–water partition coefficient (Wildman–Crippen LogP) is 5.16. The zero-order valence-corrected chi connectivity index (χ0v) is 20.0. The van der Waals surface area contributed by atoms with Crippen LogP contribution >= 0.6 is 0 Å². The van der Waals surface area contributed by atoms with Crippen LogP contribution in [0.4, 0.5) is 18.9 Å². The van der Waals surface area contributed by atoms with Crippen LogP contribution in [-0.4, -0.2) is 52.8 Å². The lowest BCUT2D eigenvalue weighted by atomic mass is 10.1. The van der Waals surface area contributed by atoms with Crippen molar-refractivity contribution in [3.05, 3.63) is 71.2 Å². The van der Waals surface area contributed by atoms with Crippen LogP contribution in [0.25, 0.3) is 23.4 Å². The van der Waals surface area contributed by atoms with E-state index in [-0.39, 0.29) is 5.91 Å². The number of rotatable bonds is 4. The SMILES string of the molecule is O=C(O)C(F)(F)F.O=C1NCCc2[nH]c(-c3ccnc(C=Cc4ccccc4N4CCCCC4)c3)cc21. The molecule has 7 nitrogen and oxygen atoms in total. The van der Waals surface area contributed by atoms with Gasteiger partial charge in [-0.05, 0) is 55.2 Å². The molecular weight excluding hydrogens is 485 g/mol. The molecule has 1 saturated heterocycles. The minimum atomic E-state index is -5.08. The van der Waals surface area contributed by atoms with Crippen molar-refractivity contribution >= 4 is 29.7 Å². The van der Waals surface area contributed by atoms with Gasteiger partial charge in [-0.3, -0.25) is 9.78 Å². The predicted molar refractivity (Wildman–Crippen MR) is 135 cm³/mol. The number of H-pyrrole nitrogens is 1. The van der Waals surface area contributed by atoms with Gasteiger partial charge in [0.15, 0.2) is 0 Å². The fraction of sp³-hybridized carbons (Fsp3) is 0.296. The maximum Gasteiger partial charge on any atom is 0.490 e. The number of carboxylic acid groups (broad SMARTS) is 1. The lowest BCUT2D eigenvalue weighted by molar-refractivity contribution is -0.192. The number of aromatic nitrogens is 2. The van der Waals surface area contributed by atoms with Gasteiger partial charge in [0, 0.05) is 54.9 Å². The summed E-state index contributed by atoms with van der Waals surface area (Å²) < 4.78 is 31.7. The van der Waals surface area contributed by atoms with Gasteiger partial charge in [0.1, 0.15) is 0 Å². The number of amides is 1. The van der Waals surface area contributed by atoms with Crippen molar-refractivity contribution in [1.29, 1.82) is 0 Å². The van der Waals surface area contributed by atoms with Gasteiger partial charge in [-0.15, -0.1) is 0 Å². The Kier molecular flexibility index (Phi) is 7.95. The van der Waals surface area contributed by atoms with Crippen LogP contribution in [-0.2, 0) is 11.2 Å². The number of carbonyl (C=O) groups excluding carboxylic acids is 1. The number of benzene rings is 1. The number of alkyl halides is 3. The van der Waals surface area contributed by atoms with Crippen molar-refractivity contribution in [2.75, 3.05) is 24.5 Å². The Morgan fingerprint density at radius 1 is 1.05 bits per heavy atom. The minimum absolute atomic E-state index is 0.00208. The molecule has 37 heavy (non-hydrogen) atoms. The van der Waals surface area contributed by atoms with E-state index in [1.54, 1.807) is 0 Å². The third kappa shape index (κ3) is 6.58. The average Bonchev–Trinajstić information content (AvgIpc) is 3.34. The number of aliphatic carboxylic acids is 1. The molecule has 0 bridgehead atoms. The van der Waals surface area contributed by atoms with Gasteiger partial charge in [0.25, 0.3) is 5.91 Å². The maximum absolute atomic E-state index is 12.1.